The molecule has 0 radical (unpaired) electrons. The molecule has 0 spiro atoms. The van der Waals surface area contributed by atoms with Crippen LogP contribution in [-0.4, -0.2) is 60.6 Å². The van der Waals surface area contributed by atoms with Crippen LogP contribution in [0, 0.1) is 0 Å². The number of nitrogens with one attached hydrogen (secondary N) is 2. The van der Waals surface area contributed by atoms with Gasteiger partial charge in [0.25, 0.3) is 6.47 Å². The van der Waals surface area contributed by atoms with E-state index in [1.807, 2.05) is 42.5 Å². The predicted octanol–water partition coefficient (Wildman–Crippen LogP) is 3.60. The average molecular weight is 510 g/mol. The molecule has 0 saturated carbocycles. The number of carbonyl (C=O) groups excluding carboxylic acids is 2. The zero-order valence-electron chi connectivity index (χ0n) is 18.9. The Labute approximate surface area is 209 Å². The second kappa shape index (κ2) is 14.6. The molecule has 184 valence electrons. The number of carboxylic acid groups (broad SMARTS) is 1. The number of carbonyl (C=O) groups is 3. The van der Waals surface area contributed by atoms with Crippen LogP contribution in [0.1, 0.15) is 24.5 Å². The summed E-state index contributed by atoms with van der Waals surface area (Å²) in [7, 11) is 0. The molecular weight excluding hydrogens is 481 g/mol. The van der Waals surface area contributed by atoms with E-state index in [4.69, 9.17) is 37.8 Å². The van der Waals surface area contributed by atoms with Gasteiger partial charge in [0, 0.05) is 45.2 Å². The lowest BCUT2D eigenvalue weighted by Crippen LogP contribution is -2.47. The molecule has 34 heavy (non-hydrogen) atoms. The average Bonchev–Trinajstić information content (AvgIpc) is 2.80. The van der Waals surface area contributed by atoms with Crippen molar-refractivity contribution in [1.82, 2.24) is 10.2 Å². The first-order valence-corrected chi connectivity index (χ1v) is 11.5. The fourth-order valence-electron chi connectivity index (χ4n) is 3.48. The van der Waals surface area contributed by atoms with Crippen LogP contribution < -0.4 is 10.6 Å². The van der Waals surface area contributed by atoms with Gasteiger partial charge in [0.05, 0.1) is 22.8 Å². The van der Waals surface area contributed by atoms with Gasteiger partial charge in [-0.3, -0.25) is 19.3 Å². The molecule has 2 aromatic rings. The van der Waals surface area contributed by atoms with E-state index >= 15 is 0 Å². The maximum atomic E-state index is 12.2. The number of nitrogens with zero attached hydrogens (tertiary/aromatic N) is 1. The lowest BCUT2D eigenvalue weighted by atomic mass is 10.1. The molecule has 1 aliphatic rings. The highest BCUT2D eigenvalue weighted by Gasteiger charge is 2.21. The quantitative estimate of drug-likeness (QED) is 0.469. The topological polar surface area (TPSA) is 108 Å². The normalized spacial score (nSPS) is 15.6. The first kappa shape index (κ1) is 27.6. The van der Waals surface area contributed by atoms with E-state index in [1.54, 1.807) is 0 Å². The minimum Gasteiger partial charge on any atom is -0.483 e. The number of hydrogen-bond donors (Lipinski definition) is 3. The van der Waals surface area contributed by atoms with Crippen LogP contribution in [0.4, 0.5) is 5.69 Å². The van der Waals surface area contributed by atoms with Crippen molar-refractivity contribution >= 4 is 47.2 Å². The third-order valence-corrected chi connectivity index (χ3v) is 5.79. The Bertz CT molecular complexity index is 956. The molecule has 0 bridgehead atoms. The van der Waals surface area contributed by atoms with Crippen LogP contribution in [0.15, 0.2) is 42.5 Å². The molecule has 0 aromatic heterocycles. The summed E-state index contributed by atoms with van der Waals surface area (Å²) in [5, 5.41) is 13.7. The predicted molar refractivity (Wildman–Crippen MR) is 132 cm³/mol. The number of rotatable bonds is 8. The first-order valence-electron chi connectivity index (χ1n) is 10.8. The van der Waals surface area contributed by atoms with E-state index in [0.717, 1.165) is 36.4 Å². The summed E-state index contributed by atoms with van der Waals surface area (Å²) in [5.74, 6) is -0.108. The maximum absolute atomic E-state index is 12.2. The third kappa shape index (κ3) is 10.1. The largest absolute Gasteiger partial charge is 0.483 e. The SMILES string of the molecule is CC(=O)Nc1ccc(CCC(=O)NC[C@H]2CN(Cc3ccc(Cl)c(Cl)c3)CCO2)cc1.O=CO. The Hall–Kier alpha value is -2.65. The third-order valence-electron chi connectivity index (χ3n) is 5.06. The van der Waals surface area contributed by atoms with Gasteiger partial charge in [0.1, 0.15) is 0 Å². The van der Waals surface area contributed by atoms with Crippen molar-refractivity contribution in [2.24, 2.45) is 0 Å². The molecule has 0 unspecified atom stereocenters. The number of aryl methyl sites for hydroxylation is 1. The summed E-state index contributed by atoms with van der Waals surface area (Å²) in [6, 6.07) is 13.2. The molecular formula is C24H29Cl2N3O5. The molecule has 1 atom stereocenters. The maximum Gasteiger partial charge on any atom is 0.290 e. The van der Waals surface area contributed by atoms with Gasteiger partial charge in [0.2, 0.25) is 11.8 Å². The van der Waals surface area contributed by atoms with E-state index in [9.17, 15) is 9.59 Å². The molecule has 1 fully saturated rings. The van der Waals surface area contributed by atoms with E-state index in [0.29, 0.717) is 36.0 Å². The molecule has 1 saturated heterocycles. The highest BCUT2D eigenvalue weighted by Crippen LogP contribution is 2.23. The summed E-state index contributed by atoms with van der Waals surface area (Å²) in [6.45, 7) is 4.67. The second-order valence-electron chi connectivity index (χ2n) is 7.76. The molecule has 2 amide bonds. The lowest BCUT2D eigenvalue weighted by Gasteiger charge is -2.33. The van der Waals surface area contributed by atoms with Gasteiger partial charge < -0.3 is 20.5 Å². The van der Waals surface area contributed by atoms with Crippen LogP contribution in [0.2, 0.25) is 10.0 Å². The lowest BCUT2D eigenvalue weighted by molar-refractivity contribution is -0.123. The Morgan fingerprint density at radius 1 is 1.15 bits per heavy atom. The Morgan fingerprint density at radius 2 is 1.82 bits per heavy atom. The van der Waals surface area contributed by atoms with Crippen LogP contribution in [0.3, 0.4) is 0 Å². The van der Waals surface area contributed by atoms with Crippen LogP contribution >= 0.6 is 23.2 Å². The number of amides is 2. The van der Waals surface area contributed by atoms with Gasteiger partial charge in [-0.1, -0.05) is 41.4 Å². The molecule has 1 heterocycles. The number of morpholine rings is 1. The summed E-state index contributed by atoms with van der Waals surface area (Å²) < 4.78 is 5.81. The van der Waals surface area contributed by atoms with E-state index < -0.39 is 0 Å². The second-order valence-corrected chi connectivity index (χ2v) is 8.58. The number of halogens is 2. The highest BCUT2D eigenvalue weighted by molar-refractivity contribution is 6.42. The molecule has 0 aliphatic carbocycles. The van der Waals surface area contributed by atoms with Crippen molar-refractivity contribution < 1.29 is 24.2 Å². The monoisotopic (exact) mass is 509 g/mol. The zero-order valence-corrected chi connectivity index (χ0v) is 20.4. The van der Waals surface area contributed by atoms with Crippen LogP contribution in [-0.2, 0) is 32.1 Å². The van der Waals surface area contributed by atoms with Crippen molar-refractivity contribution in [3.8, 4) is 0 Å². The fraction of sp³-hybridized carbons (Fsp3) is 0.375. The number of hydrogen-bond acceptors (Lipinski definition) is 5. The van der Waals surface area contributed by atoms with Crippen molar-refractivity contribution in [3.63, 3.8) is 0 Å². The van der Waals surface area contributed by atoms with Gasteiger partial charge in [-0.05, 0) is 41.8 Å². The van der Waals surface area contributed by atoms with Gasteiger partial charge in [0.15, 0.2) is 0 Å². The minimum absolute atomic E-state index is 0.00357. The summed E-state index contributed by atoms with van der Waals surface area (Å²) in [5.41, 5.74) is 2.90. The van der Waals surface area contributed by atoms with Crippen molar-refractivity contribution in [3.05, 3.63) is 63.6 Å². The fourth-order valence-corrected chi connectivity index (χ4v) is 3.80. The van der Waals surface area contributed by atoms with E-state index in [1.165, 1.54) is 6.92 Å². The van der Waals surface area contributed by atoms with Crippen LogP contribution in [0.5, 0.6) is 0 Å². The Kier molecular flexibility index (Phi) is 11.8. The van der Waals surface area contributed by atoms with Gasteiger partial charge in [-0.15, -0.1) is 0 Å². The molecule has 1 aliphatic heterocycles. The zero-order chi connectivity index (χ0) is 24.9. The van der Waals surface area contributed by atoms with Crippen molar-refractivity contribution in [2.75, 3.05) is 31.6 Å². The number of anilines is 1. The standard InChI is InChI=1S/C23H27Cl2N3O3.CH2O2/c1-16(29)27-19-6-2-17(3-7-19)5-9-23(30)26-13-20-15-28(10-11-31-20)14-18-4-8-21(24)22(25)12-18;2-1-3/h2-4,6-8,12,20H,5,9-11,13-15H2,1H3,(H,26,30)(H,27,29);1H,(H,2,3)/t20-;/m0./s1. The van der Waals surface area contributed by atoms with E-state index in [-0.39, 0.29) is 24.4 Å². The number of ether oxygens (including phenoxy) is 1. The van der Waals surface area contributed by atoms with Gasteiger partial charge >= 0.3 is 0 Å². The van der Waals surface area contributed by atoms with Crippen molar-refractivity contribution in [2.45, 2.75) is 32.4 Å². The number of benzene rings is 2. The van der Waals surface area contributed by atoms with E-state index in [2.05, 4.69) is 15.5 Å². The first-order chi connectivity index (χ1) is 16.3. The minimum atomic E-state index is -0.250. The van der Waals surface area contributed by atoms with Gasteiger partial charge in [-0.2, -0.15) is 0 Å². The smallest absolute Gasteiger partial charge is 0.290 e. The van der Waals surface area contributed by atoms with Crippen LogP contribution in [0.25, 0.3) is 0 Å². The molecule has 8 nitrogen and oxygen atoms in total. The Balaban J connectivity index is 0.00000129. The molecule has 10 heteroatoms. The Morgan fingerprint density at radius 3 is 2.47 bits per heavy atom. The summed E-state index contributed by atoms with van der Waals surface area (Å²) >= 11 is 12.1. The van der Waals surface area contributed by atoms with Crippen molar-refractivity contribution in [1.29, 1.82) is 0 Å². The van der Waals surface area contributed by atoms with Gasteiger partial charge in [-0.25, -0.2) is 0 Å². The molecule has 2 aromatic carbocycles. The highest BCUT2D eigenvalue weighted by atomic mass is 35.5. The summed E-state index contributed by atoms with van der Waals surface area (Å²) in [4.78, 5) is 34.0. The molecule has 3 rings (SSSR count). The summed E-state index contributed by atoms with van der Waals surface area (Å²) in [6.07, 6.45) is 0.998. The molecule has 3 N–H and O–H groups in total.